The van der Waals surface area contributed by atoms with Gasteiger partial charge in [-0.25, -0.2) is 15.0 Å². The molecule has 1 N–H and O–H groups in total. The summed E-state index contributed by atoms with van der Waals surface area (Å²) >= 11 is 1.55. The van der Waals surface area contributed by atoms with Crippen molar-refractivity contribution in [1.82, 2.24) is 15.0 Å². The van der Waals surface area contributed by atoms with Gasteiger partial charge >= 0.3 is 0 Å². The van der Waals surface area contributed by atoms with Gasteiger partial charge in [-0.05, 0) is 12.8 Å². The Morgan fingerprint density at radius 1 is 1.29 bits per heavy atom. The topological polar surface area (TPSA) is 50.7 Å². The van der Waals surface area contributed by atoms with E-state index in [-0.39, 0.29) is 0 Å². The van der Waals surface area contributed by atoms with Crippen molar-refractivity contribution in [3.63, 3.8) is 0 Å². The van der Waals surface area contributed by atoms with Crippen LogP contribution in [0.15, 0.2) is 11.6 Å². The van der Waals surface area contributed by atoms with Gasteiger partial charge in [-0.2, -0.15) is 0 Å². The lowest BCUT2D eigenvalue weighted by atomic mass is 10.0. The molecule has 2 rings (SSSR count). The molecule has 0 saturated heterocycles. The van der Waals surface area contributed by atoms with Crippen LogP contribution in [0.3, 0.4) is 0 Å². The van der Waals surface area contributed by atoms with E-state index in [1.165, 1.54) is 5.56 Å². The van der Waals surface area contributed by atoms with E-state index in [1.807, 2.05) is 19.4 Å². The van der Waals surface area contributed by atoms with Gasteiger partial charge in [0.15, 0.2) is 10.8 Å². The fraction of sp³-hybridized carbons (Fsp3) is 0.417. The van der Waals surface area contributed by atoms with Crippen LogP contribution in [0.25, 0.3) is 10.8 Å². The maximum absolute atomic E-state index is 4.54. The number of nitrogens with zero attached hydrogens (tertiary/aromatic N) is 3. The molecule has 0 spiro atoms. The molecule has 5 heteroatoms. The van der Waals surface area contributed by atoms with Gasteiger partial charge in [-0.1, -0.05) is 13.8 Å². The fourth-order valence-electron chi connectivity index (χ4n) is 1.89. The molecule has 17 heavy (non-hydrogen) atoms. The molecule has 0 radical (unpaired) electrons. The molecular weight excluding hydrogens is 232 g/mol. The molecule has 2 aromatic heterocycles. The largest absolute Gasteiger partial charge is 0.373 e. The Kier molecular flexibility index (Phi) is 3.38. The highest BCUT2D eigenvalue weighted by Crippen LogP contribution is 2.28. The second-order valence-electron chi connectivity index (χ2n) is 4.14. The third-order valence-corrected chi connectivity index (χ3v) is 3.34. The lowest BCUT2D eigenvalue weighted by Crippen LogP contribution is -2.06. The molecule has 2 heterocycles. The van der Waals surface area contributed by atoms with Crippen molar-refractivity contribution in [2.24, 2.45) is 0 Å². The zero-order valence-electron chi connectivity index (χ0n) is 10.5. The molecular formula is C12H16N4S. The van der Waals surface area contributed by atoms with Crippen LogP contribution in [0.5, 0.6) is 0 Å². The van der Waals surface area contributed by atoms with E-state index in [2.05, 4.69) is 34.1 Å². The SMILES string of the molecule is CNc1nc(-c2nccs2)nc(C)c1C(C)C. The minimum absolute atomic E-state index is 0.405. The van der Waals surface area contributed by atoms with Gasteiger partial charge in [0.25, 0.3) is 0 Å². The van der Waals surface area contributed by atoms with Crippen molar-refractivity contribution in [2.75, 3.05) is 12.4 Å². The highest BCUT2D eigenvalue weighted by Gasteiger charge is 2.15. The molecule has 0 saturated carbocycles. The van der Waals surface area contributed by atoms with Crippen molar-refractivity contribution in [2.45, 2.75) is 26.7 Å². The molecule has 0 aliphatic carbocycles. The number of aromatic nitrogens is 3. The van der Waals surface area contributed by atoms with Gasteiger partial charge in [0.05, 0.1) is 0 Å². The number of hydrogen-bond acceptors (Lipinski definition) is 5. The average Bonchev–Trinajstić information content (AvgIpc) is 2.80. The quantitative estimate of drug-likeness (QED) is 0.907. The van der Waals surface area contributed by atoms with Gasteiger partial charge in [-0.15, -0.1) is 11.3 Å². The third-order valence-electron chi connectivity index (χ3n) is 2.57. The van der Waals surface area contributed by atoms with Crippen LogP contribution < -0.4 is 5.32 Å². The number of anilines is 1. The van der Waals surface area contributed by atoms with Gasteiger partial charge < -0.3 is 5.32 Å². The number of aryl methyl sites for hydroxylation is 1. The number of thiazole rings is 1. The van der Waals surface area contributed by atoms with E-state index >= 15 is 0 Å². The molecule has 0 bridgehead atoms. The Hall–Kier alpha value is -1.49. The predicted octanol–water partition coefficient (Wildman–Crippen LogP) is 3.07. The van der Waals surface area contributed by atoms with E-state index in [1.54, 1.807) is 17.5 Å². The van der Waals surface area contributed by atoms with Crippen LogP contribution in [-0.4, -0.2) is 22.0 Å². The summed E-state index contributed by atoms with van der Waals surface area (Å²) in [4.78, 5) is 13.3. The minimum Gasteiger partial charge on any atom is -0.373 e. The number of hydrogen-bond donors (Lipinski definition) is 1. The molecule has 4 nitrogen and oxygen atoms in total. The third kappa shape index (κ3) is 2.29. The highest BCUT2D eigenvalue weighted by atomic mass is 32.1. The van der Waals surface area contributed by atoms with Crippen molar-refractivity contribution >= 4 is 17.2 Å². The summed E-state index contributed by atoms with van der Waals surface area (Å²) in [5, 5.41) is 5.94. The molecule has 0 aromatic carbocycles. The summed E-state index contributed by atoms with van der Waals surface area (Å²) in [6.45, 7) is 6.32. The first-order valence-corrected chi connectivity index (χ1v) is 6.47. The molecule has 0 atom stereocenters. The first-order valence-electron chi connectivity index (χ1n) is 5.59. The average molecular weight is 248 g/mol. The van der Waals surface area contributed by atoms with Crippen LogP contribution >= 0.6 is 11.3 Å². The Balaban J connectivity index is 2.56. The molecule has 0 aliphatic heterocycles. The zero-order valence-corrected chi connectivity index (χ0v) is 11.3. The summed E-state index contributed by atoms with van der Waals surface area (Å²) in [7, 11) is 1.89. The Bertz CT molecular complexity index is 505. The molecule has 2 aromatic rings. The van der Waals surface area contributed by atoms with Gasteiger partial charge in [0.2, 0.25) is 0 Å². The predicted molar refractivity (Wildman–Crippen MR) is 71.5 cm³/mol. The van der Waals surface area contributed by atoms with Crippen molar-refractivity contribution in [1.29, 1.82) is 0 Å². The van der Waals surface area contributed by atoms with Gasteiger partial charge in [-0.3, -0.25) is 0 Å². The fourth-order valence-corrected chi connectivity index (χ4v) is 2.46. The maximum Gasteiger partial charge on any atom is 0.190 e. The minimum atomic E-state index is 0.405. The first kappa shape index (κ1) is 12.0. The first-order chi connectivity index (χ1) is 8.13. The van der Waals surface area contributed by atoms with Gasteiger partial charge in [0, 0.05) is 29.9 Å². The van der Waals surface area contributed by atoms with Crippen LogP contribution in [0.4, 0.5) is 5.82 Å². The van der Waals surface area contributed by atoms with E-state index in [0.717, 1.165) is 16.5 Å². The summed E-state index contributed by atoms with van der Waals surface area (Å²) in [6, 6.07) is 0. The van der Waals surface area contributed by atoms with E-state index < -0.39 is 0 Å². The molecule has 0 fully saturated rings. The van der Waals surface area contributed by atoms with Crippen LogP contribution in [0.1, 0.15) is 31.0 Å². The highest BCUT2D eigenvalue weighted by molar-refractivity contribution is 7.13. The standard InChI is InChI=1S/C12H16N4S/c1-7(2)9-8(3)15-11(16-10(9)13-4)12-14-5-6-17-12/h5-7H,1-4H3,(H,13,15,16). The second-order valence-corrected chi connectivity index (χ2v) is 5.03. The van der Waals surface area contributed by atoms with E-state index in [4.69, 9.17) is 0 Å². The Morgan fingerprint density at radius 3 is 2.59 bits per heavy atom. The summed E-state index contributed by atoms with van der Waals surface area (Å²) < 4.78 is 0. The maximum atomic E-state index is 4.54. The van der Waals surface area contributed by atoms with Crippen molar-refractivity contribution in [3.8, 4) is 10.8 Å². The molecule has 0 aliphatic rings. The Morgan fingerprint density at radius 2 is 2.06 bits per heavy atom. The van der Waals surface area contributed by atoms with Crippen molar-refractivity contribution in [3.05, 3.63) is 22.8 Å². The van der Waals surface area contributed by atoms with Crippen LogP contribution in [-0.2, 0) is 0 Å². The number of nitrogens with one attached hydrogen (secondary N) is 1. The van der Waals surface area contributed by atoms with Crippen LogP contribution in [0, 0.1) is 6.92 Å². The zero-order chi connectivity index (χ0) is 12.4. The lowest BCUT2D eigenvalue weighted by molar-refractivity contribution is 0.833. The normalized spacial score (nSPS) is 10.9. The molecule has 90 valence electrons. The van der Waals surface area contributed by atoms with E-state index in [9.17, 15) is 0 Å². The summed E-state index contributed by atoms with van der Waals surface area (Å²) in [5.74, 6) is 2.01. The van der Waals surface area contributed by atoms with E-state index in [0.29, 0.717) is 11.7 Å². The molecule has 0 unspecified atom stereocenters. The molecule has 0 amide bonds. The van der Waals surface area contributed by atoms with Crippen LogP contribution in [0.2, 0.25) is 0 Å². The van der Waals surface area contributed by atoms with Crippen molar-refractivity contribution < 1.29 is 0 Å². The summed E-state index contributed by atoms with van der Waals surface area (Å²) in [5.41, 5.74) is 2.19. The Labute approximate surface area is 105 Å². The number of rotatable bonds is 3. The monoisotopic (exact) mass is 248 g/mol. The lowest BCUT2D eigenvalue weighted by Gasteiger charge is -2.14. The smallest absolute Gasteiger partial charge is 0.190 e. The van der Waals surface area contributed by atoms with Gasteiger partial charge in [0.1, 0.15) is 5.82 Å². The second kappa shape index (κ2) is 4.79. The summed E-state index contributed by atoms with van der Waals surface area (Å²) in [6.07, 6.45) is 1.77.